The van der Waals surface area contributed by atoms with E-state index in [4.69, 9.17) is 8.85 Å². The van der Waals surface area contributed by atoms with Crippen LogP contribution in [0, 0.1) is 5.92 Å². The third-order valence-electron chi connectivity index (χ3n) is 2.76. The van der Waals surface area contributed by atoms with Gasteiger partial charge in [-0.2, -0.15) is 0 Å². The third-order valence-corrected chi connectivity index (χ3v) is 6.41. The molecule has 14 heavy (non-hydrogen) atoms. The van der Waals surface area contributed by atoms with Crippen molar-refractivity contribution in [2.45, 2.75) is 52.1 Å². The Balaban J connectivity index is 4.07. The third kappa shape index (κ3) is 5.13. The summed E-state index contributed by atoms with van der Waals surface area (Å²) in [6.07, 6.45) is 3.67. The highest BCUT2D eigenvalue weighted by molar-refractivity contribution is 6.67. The lowest BCUT2D eigenvalue weighted by Gasteiger charge is -2.28. The summed E-state index contributed by atoms with van der Waals surface area (Å²) in [5, 5.41) is 0. The van der Waals surface area contributed by atoms with Crippen LogP contribution in [0.4, 0.5) is 0 Å². The molecule has 2 nitrogen and oxygen atoms in total. The molecule has 0 aromatic rings. The topological polar surface area (TPSA) is 18.5 Å². The van der Waals surface area contributed by atoms with Crippen molar-refractivity contribution in [3.05, 3.63) is 0 Å². The average Bonchev–Trinajstić information content (AvgIpc) is 2.19. The predicted octanol–water partition coefficient (Wildman–Crippen LogP) is 3.57. The first-order chi connectivity index (χ1) is 6.60. The van der Waals surface area contributed by atoms with Crippen molar-refractivity contribution in [3.8, 4) is 0 Å². The molecule has 0 radical (unpaired) electrons. The lowest BCUT2D eigenvalue weighted by Crippen LogP contribution is -2.40. The van der Waals surface area contributed by atoms with E-state index in [0.717, 1.165) is 18.0 Å². The Hall–Kier alpha value is 0.137. The lowest BCUT2D eigenvalue weighted by atomic mass is 10.2. The van der Waals surface area contributed by atoms with Crippen LogP contribution in [-0.2, 0) is 8.85 Å². The highest BCUT2D eigenvalue weighted by Crippen LogP contribution is 2.24. The molecule has 86 valence electrons. The van der Waals surface area contributed by atoms with Crippen molar-refractivity contribution in [2.24, 2.45) is 5.92 Å². The van der Waals surface area contributed by atoms with Crippen LogP contribution in [0.3, 0.4) is 0 Å². The second-order valence-electron chi connectivity index (χ2n) is 4.36. The summed E-state index contributed by atoms with van der Waals surface area (Å²) < 4.78 is 11.3. The molecule has 0 saturated heterocycles. The van der Waals surface area contributed by atoms with Gasteiger partial charge in [-0.05, 0) is 24.4 Å². The van der Waals surface area contributed by atoms with Gasteiger partial charge < -0.3 is 8.85 Å². The van der Waals surface area contributed by atoms with E-state index >= 15 is 0 Å². The fraction of sp³-hybridized carbons (Fsp3) is 1.00. The molecule has 0 aliphatic rings. The van der Waals surface area contributed by atoms with Crippen LogP contribution in [-0.4, -0.2) is 22.8 Å². The van der Waals surface area contributed by atoms with E-state index < -0.39 is 8.56 Å². The van der Waals surface area contributed by atoms with Crippen LogP contribution < -0.4 is 0 Å². The zero-order chi connectivity index (χ0) is 11.0. The van der Waals surface area contributed by atoms with Crippen LogP contribution in [0.5, 0.6) is 0 Å². The number of unbranched alkanes of at least 4 members (excludes halogenated alkanes) is 1. The SMILES string of the molecule is CCCC[Si](CCC(C)C)(OC)OC. The number of rotatable bonds is 8. The Kier molecular flexibility index (Phi) is 7.50. The van der Waals surface area contributed by atoms with Gasteiger partial charge >= 0.3 is 8.56 Å². The van der Waals surface area contributed by atoms with Gasteiger partial charge in [-0.15, -0.1) is 0 Å². The molecule has 0 heterocycles. The molecule has 0 aromatic heterocycles. The van der Waals surface area contributed by atoms with Gasteiger partial charge in [0.05, 0.1) is 0 Å². The van der Waals surface area contributed by atoms with E-state index in [2.05, 4.69) is 20.8 Å². The molecule has 0 amide bonds. The maximum absolute atomic E-state index is 5.66. The van der Waals surface area contributed by atoms with Crippen LogP contribution in [0.1, 0.15) is 40.0 Å². The van der Waals surface area contributed by atoms with E-state index in [1.165, 1.54) is 19.3 Å². The molecule has 3 heteroatoms. The molecule has 0 atom stereocenters. The van der Waals surface area contributed by atoms with Crippen molar-refractivity contribution in [1.29, 1.82) is 0 Å². The van der Waals surface area contributed by atoms with Gasteiger partial charge in [-0.25, -0.2) is 0 Å². The van der Waals surface area contributed by atoms with Gasteiger partial charge in [0.15, 0.2) is 0 Å². The molecule has 0 rings (SSSR count). The predicted molar refractivity (Wildman–Crippen MR) is 63.7 cm³/mol. The van der Waals surface area contributed by atoms with E-state index in [0.29, 0.717) is 0 Å². The van der Waals surface area contributed by atoms with Crippen molar-refractivity contribution >= 4 is 8.56 Å². The van der Waals surface area contributed by atoms with Gasteiger partial charge in [0.25, 0.3) is 0 Å². The molecule has 0 N–H and O–H groups in total. The summed E-state index contributed by atoms with van der Waals surface area (Å²) in [4.78, 5) is 0. The maximum atomic E-state index is 5.66. The molecule has 0 spiro atoms. The van der Waals surface area contributed by atoms with Gasteiger partial charge in [-0.1, -0.05) is 33.6 Å². The molecule has 0 aliphatic heterocycles. The first kappa shape index (κ1) is 14.1. The van der Waals surface area contributed by atoms with E-state index in [1.54, 1.807) is 0 Å². The van der Waals surface area contributed by atoms with E-state index in [-0.39, 0.29) is 0 Å². The molecule has 0 aromatic carbocycles. The van der Waals surface area contributed by atoms with Crippen molar-refractivity contribution < 1.29 is 8.85 Å². The van der Waals surface area contributed by atoms with Gasteiger partial charge in [0.2, 0.25) is 0 Å². The molecule has 0 saturated carbocycles. The van der Waals surface area contributed by atoms with Gasteiger partial charge in [-0.3, -0.25) is 0 Å². The first-order valence-corrected chi connectivity index (χ1v) is 7.93. The van der Waals surface area contributed by atoms with E-state index in [9.17, 15) is 0 Å². The summed E-state index contributed by atoms with van der Waals surface area (Å²) in [7, 11) is 1.80. The zero-order valence-corrected chi connectivity index (χ0v) is 11.4. The Morgan fingerprint density at radius 3 is 2.00 bits per heavy atom. The molecule has 0 unspecified atom stereocenters. The number of hydrogen-bond donors (Lipinski definition) is 0. The summed E-state index contributed by atoms with van der Waals surface area (Å²) in [6, 6.07) is 2.28. The molecular weight excluding hydrogens is 192 g/mol. The lowest BCUT2D eigenvalue weighted by molar-refractivity contribution is 0.237. The summed E-state index contributed by atoms with van der Waals surface area (Å²) in [6.45, 7) is 6.72. The van der Waals surface area contributed by atoms with Crippen molar-refractivity contribution in [2.75, 3.05) is 14.2 Å². The quantitative estimate of drug-likeness (QED) is 0.580. The Morgan fingerprint density at radius 1 is 1.07 bits per heavy atom. The first-order valence-electron chi connectivity index (χ1n) is 5.70. The second kappa shape index (κ2) is 7.43. The summed E-state index contributed by atoms with van der Waals surface area (Å²) in [5.41, 5.74) is 0. The molecule has 0 fully saturated rings. The van der Waals surface area contributed by atoms with Crippen LogP contribution in [0.2, 0.25) is 12.1 Å². The Labute approximate surface area is 90.2 Å². The highest BCUT2D eigenvalue weighted by atomic mass is 28.4. The second-order valence-corrected chi connectivity index (χ2v) is 7.99. The average molecular weight is 218 g/mol. The van der Waals surface area contributed by atoms with Gasteiger partial charge in [0, 0.05) is 14.2 Å². The fourth-order valence-corrected chi connectivity index (χ4v) is 4.71. The monoisotopic (exact) mass is 218 g/mol. The Bertz CT molecular complexity index is 133. The maximum Gasteiger partial charge on any atom is 0.337 e. The summed E-state index contributed by atoms with van der Waals surface area (Å²) in [5.74, 6) is 0.744. The normalized spacial score (nSPS) is 12.4. The largest absolute Gasteiger partial charge is 0.398 e. The van der Waals surface area contributed by atoms with Crippen LogP contribution >= 0.6 is 0 Å². The zero-order valence-electron chi connectivity index (χ0n) is 10.4. The van der Waals surface area contributed by atoms with Crippen molar-refractivity contribution in [3.63, 3.8) is 0 Å². The smallest absolute Gasteiger partial charge is 0.337 e. The van der Waals surface area contributed by atoms with Crippen molar-refractivity contribution in [1.82, 2.24) is 0 Å². The molecular formula is C11H26O2Si. The minimum absolute atomic E-state index is 0.744. The number of hydrogen-bond acceptors (Lipinski definition) is 2. The van der Waals surface area contributed by atoms with Crippen LogP contribution in [0.25, 0.3) is 0 Å². The summed E-state index contributed by atoms with van der Waals surface area (Å²) >= 11 is 0. The Morgan fingerprint density at radius 2 is 1.64 bits per heavy atom. The van der Waals surface area contributed by atoms with E-state index in [1.807, 2.05) is 14.2 Å². The molecule has 0 aliphatic carbocycles. The minimum atomic E-state index is -1.83. The highest BCUT2D eigenvalue weighted by Gasteiger charge is 2.34. The fourth-order valence-electron chi connectivity index (χ4n) is 1.57. The van der Waals surface area contributed by atoms with Gasteiger partial charge in [0.1, 0.15) is 0 Å². The minimum Gasteiger partial charge on any atom is -0.398 e. The van der Waals surface area contributed by atoms with Crippen LogP contribution in [0.15, 0.2) is 0 Å². The standard InChI is InChI=1S/C11H26O2Si/c1-6-7-9-14(12-4,13-5)10-8-11(2)3/h11H,6-10H2,1-5H3. The molecule has 0 bridgehead atoms.